The summed E-state index contributed by atoms with van der Waals surface area (Å²) < 4.78 is 27.1. The molecular weight excluding hydrogens is 551 g/mol. The van der Waals surface area contributed by atoms with Crippen molar-refractivity contribution < 1.29 is 28.2 Å². The second-order valence-electron chi connectivity index (χ2n) is 12.2. The molecule has 7 rings (SSSR count). The molecule has 0 saturated carbocycles. The summed E-state index contributed by atoms with van der Waals surface area (Å²) in [6.07, 6.45) is 2.79. The fourth-order valence-electron chi connectivity index (χ4n) is 6.85. The Labute approximate surface area is 249 Å². The molecule has 224 valence electrons. The van der Waals surface area contributed by atoms with Crippen molar-refractivity contribution in [1.29, 1.82) is 0 Å². The molecule has 5 heterocycles. The Hall–Kier alpha value is -3.89. The first-order chi connectivity index (χ1) is 20.8. The molecule has 3 saturated heterocycles. The van der Waals surface area contributed by atoms with Gasteiger partial charge < -0.3 is 9.47 Å². The number of pyridine rings is 1. The second kappa shape index (κ2) is 11.3. The van der Waals surface area contributed by atoms with Gasteiger partial charge in [0.25, 0.3) is 5.91 Å². The second-order valence-corrected chi connectivity index (χ2v) is 12.2. The number of aromatic nitrogens is 1. The molecule has 4 aliphatic rings. The number of amides is 3. The van der Waals surface area contributed by atoms with Gasteiger partial charge in [-0.2, -0.15) is 5.01 Å². The largest absolute Gasteiger partial charge is 0.489 e. The summed E-state index contributed by atoms with van der Waals surface area (Å²) in [7, 11) is 0. The van der Waals surface area contributed by atoms with Crippen LogP contribution in [0.5, 0.6) is 5.75 Å². The summed E-state index contributed by atoms with van der Waals surface area (Å²) in [5.74, 6) is -0.115. The van der Waals surface area contributed by atoms with Crippen molar-refractivity contribution in [3.05, 3.63) is 70.7 Å². The van der Waals surface area contributed by atoms with Gasteiger partial charge in [-0.25, -0.2) is 14.4 Å². The molecule has 0 unspecified atom stereocenters. The number of ether oxygens (including phenoxy) is 2. The number of hydrogen-bond donors (Lipinski definition) is 0. The minimum absolute atomic E-state index is 0.0782. The van der Waals surface area contributed by atoms with Crippen LogP contribution in [-0.4, -0.2) is 70.0 Å². The highest BCUT2D eigenvalue weighted by molar-refractivity contribution is 6.04. The predicted molar refractivity (Wildman–Crippen MR) is 155 cm³/mol. The first-order valence-corrected chi connectivity index (χ1v) is 15.2. The van der Waals surface area contributed by atoms with Crippen LogP contribution in [0.1, 0.15) is 72.1 Å². The van der Waals surface area contributed by atoms with Crippen LogP contribution in [0.4, 0.5) is 4.39 Å². The van der Waals surface area contributed by atoms with Crippen LogP contribution in [0, 0.1) is 11.7 Å². The van der Waals surface area contributed by atoms with E-state index in [2.05, 4.69) is 16.8 Å². The third-order valence-electron chi connectivity index (χ3n) is 9.14. The normalized spacial score (nSPS) is 23.4. The summed E-state index contributed by atoms with van der Waals surface area (Å²) >= 11 is 0. The molecule has 2 aromatic carbocycles. The minimum atomic E-state index is -0.344. The monoisotopic (exact) mass is 586 g/mol. The summed E-state index contributed by atoms with van der Waals surface area (Å²) in [6, 6.07) is 13.0. The van der Waals surface area contributed by atoms with E-state index >= 15 is 4.39 Å². The maximum absolute atomic E-state index is 15.2. The molecule has 0 spiro atoms. The van der Waals surface area contributed by atoms with E-state index in [-0.39, 0.29) is 54.9 Å². The molecule has 2 atom stereocenters. The van der Waals surface area contributed by atoms with E-state index in [9.17, 15) is 14.4 Å². The van der Waals surface area contributed by atoms with Gasteiger partial charge in [-0.1, -0.05) is 13.0 Å². The third kappa shape index (κ3) is 5.38. The fourth-order valence-corrected chi connectivity index (χ4v) is 6.85. The van der Waals surface area contributed by atoms with Gasteiger partial charge in [0, 0.05) is 74.2 Å². The van der Waals surface area contributed by atoms with E-state index < -0.39 is 0 Å². The molecule has 4 aliphatic heterocycles. The molecular formula is C33H35FN4O5. The zero-order valence-electron chi connectivity index (χ0n) is 24.3. The maximum Gasteiger partial charge on any atom is 0.273 e. The minimum Gasteiger partial charge on any atom is -0.489 e. The van der Waals surface area contributed by atoms with E-state index in [1.807, 2.05) is 24.3 Å². The van der Waals surface area contributed by atoms with Crippen molar-refractivity contribution in [2.75, 3.05) is 26.3 Å². The molecule has 0 aliphatic carbocycles. The lowest BCUT2D eigenvalue weighted by Crippen LogP contribution is -2.51. The molecule has 3 aromatic rings. The highest BCUT2D eigenvalue weighted by Gasteiger charge is 2.39. The summed E-state index contributed by atoms with van der Waals surface area (Å²) in [6.45, 7) is 5.83. The first kappa shape index (κ1) is 27.9. The SMILES string of the molecule is C[C@@H]1CN(Cc2cc(F)c3nc(C4CCOCC4)ccc3c2)C[C@H]1Oc1ccc2c(c1)CN(N1C(=O)CCCC1=O)C2=O. The van der Waals surface area contributed by atoms with Gasteiger partial charge in [-0.05, 0) is 66.8 Å². The van der Waals surface area contributed by atoms with E-state index in [4.69, 9.17) is 9.47 Å². The van der Waals surface area contributed by atoms with Crippen molar-refractivity contribution in [3.8, 4) is 5.75 Å². The van der Waals surface area contributed by atoms with E-state index in [0.29, 0.717) is 42.3 Å². The molecule has 0 radical (unpaired) electrons. The van der Waals surface area contributed by atoms with Crippen LogP contribution in [0.3, 0.4) is 0 Å². The zero-order chi connectivity index (χ0) is 29.7. The van der Waals surface area contributed by atoms with Crippen molar-refractivity contribution >= 4 is 28.6 Å². The number of imide groups is 1. The van der Waals surface area contributed by atoms with Gasteiger partial charge >= 0.3 is 0 Å². The molecule has 10 heteroatoms. The highest BCUT2D eigenvalue weighted by atomic mass is 19.1. The number of piperidine rings is 1. The number of nitrogens with zero attached hydrogens (tertiary/aromatic N) is 4. The van der Waals surface area contributed by atoms with Gasteiger partial charge in [-0.15, -0.1) is 0 Å². The molecule has 0 N–H and O–H groups in total. The zero-order valence-corrected chi connectivity index (χ0v) is 24.3. The van der Waals surface area contributed by atoms with Crippen LogP contribution < -0.4 is 4.74 Å². The Balaban J connectivity index is 1.01. The lowest BCUT2D eigenvalue weighted by Gasteiger charge is -2.32. The number of rotatable bonds is 6. The van der Waals surface area contributed by atoms with Crippen molar-refractivity contribution in [1.82, 2.24) is 19.9 Å². The number of halogens is 1. The summed E-state index contributed by atoms with van der Waals surface area (Å²) in [5.41, 5.74) is 3.47. The number of fused-ring (bicyclic) bond motifs is 2. The standard InChI is InChI=1S/C33H35FN4O5/c1-20-16-36(17-21-13-23-5-8-28(22-9-11-42-12-10-22)35-32(23)27(34)14-21)19-29(20)43-25-6-7-26-24(15-25)18-37(33(26)41)38-30(39)3-2-4-31(38)40/h5-8,13-15,20,22,29H,2-4,9-12,16-19H2,1H3/t20-,29-/m1/s1. The van der Waals surface area contributed by atoms with Crippen LogP contribution in [0.25, 0.3) is 10.9 Å². The predicted octanol–water partition coefficient (Wildman–Crippen LogP) is 4.58. The van der Waals surface area contributed by atoms with Crippen LogP contribution >= 0.6 is 0 Å². The summed E-state index contributed by atoms with van der Waals surface area (Å²) in [5, 5.41) is 3.07. The number of carbonyl (C=O) groups excluding carboxylic acids is 3. The molecule has 0 bridgehead atoms. The van der Waals surface area contributed by atoms with Crippen LogP contribution in [-0.2, 0) is 27.4 Å². The van der Waals surface area contributed by atoms with Gasteiger partial charge in [-0.3, -0.25) is 19.3 Å². The number of hydrazine groups is 1. The molecule has 9 nitrogen and oxygen atoms in total. The topological polar surface area (TPSA) is 92.3 Å². The Morgan fingerprint density at radius 3 is 2.58 bits per heavy atom. The lowest BCUT2D eigenvalue weighted by atomic mass is 9.95. The van der Waals surface area contributed by atoms with Crippen molar-refractivity contribution in [2.24, 2.45) is 5.92 Å². The quantitative estimate of drug-likeness (QED) is 0.391. The lowest BCUT2D eigenvalue weighted by molar-refractivity contribution is -0.163. The smallest absolute Gasteiger partial charge is 0.273 e. The maximum atomic E-state index is 15.2. The highest BCUT2D eigenvalue weighted by Crippen LogP contribution is 2.33. The Bertz CT molecular complexity index is 1590. The van der Waals surface area contributed by atoms with Gasteiger partial charge in [0.05, 0.1) is 6.54 Å². The van der Waals surface area contributed by atoms with Crippen molar-refractivity contribution in [2.45, 2.75) is 64.1 Å². The summed E-state index contributed by atoms with van der Waals surface area (Å²) in [4.78, 5) is 44.7. The Morgan fingerprint density at radius 1 is 1.00 bits per heavy atom. The van der Waals surface area contributed by atoms with Gasteiger partial charge in [0.15, 0.2) is 0 Å². The molecule has 3 amide bonds. The van der Waals surface area contributed by atoms with E-state index in [1.165, 1.54) is 5.01 Å². The van der Waals surface area contributed by atoms with E-state index in [1.54, 1.807) is 18.2 Å². The van der Waals surface area contributed by atoms with Crippen LogP contribution in [0.2, 0.25) is 0 Å². The number of likely N-dealkylation sites (tertiary alicyclic amines) is 1. The Kier molecular flexibility index (Phi) is 7.34. The van der Waals surface area contributed by atoms with Crippen LogP contribution in [0.15, 0.2) is 42.5 Å². The van der Waals surface area contributed by atoms with Crippen molar-refractivity contribution in [3.63, 3.8) is 0 Å². The number of carbonyl (C=O) groups is 3. The average Bonchev–Trinajstić information content (AvgIpc) is 3.50. The molecule has 1 aromatic heterocycles. The van der Waals surface area contributed by atoms with E-state index in [0.717, 1.165) is 59.8 Å². The average molecular weight is 587 g/mol. The molecule has 43 heavy (non-hydrogen) atoms. The number of benzene rings is 2. The Morgan fingerprint density at radius 2 is 1.79 bits per heavy atom. The van der Waals surface area contributed by atoms with Gasteiger partial charge in [0.2, 0.25) is 11.8 Å². The number of hydrogen-bond acceptors (Lipinski definition) is 7. The third-order valence-corrected chi connectivity index (χ3v) is 9.14. The first-order valence-electron chi connectivity index (χ1n) is 15.2. The van der Waals surface area contributed by atoms with Gasteiger partial charge in [0.1, 0.15) is 23.2 Å². The molecule has 3 fully saturated rings. The fraction of sp³-hybridized carbons (Fsp3) is 0.455.